The number of hydrogen-bond donors (Lipinski definition) is 1. The molecular weight excluding hydrogens is 196 g/mol. The molecule has 0 radical (unpaired) electrons. The fourth-order valence-electron chi connectivity index (χ4n) is 1.40. The van der Waals surface area contributed by atoms with E-state index >= 15 is 0 Å². The summed E-state index contributed by atoms with van der Waals surface area (Å²) in [5, 5.41) is 8.62. The molecule has 5 heteroatoms. The van der Waals surface area contributed by atoms with E-state index in [4.69, 9.17) is 9.52 Å². The third-order valence-electron chi connectivity index (χ3n) is 2.00. The molecule has 78 valence electrons. The first-order chi connectivity index (χ1) is 7.16. The van der Waals surface area contributed by atoms with Crippen LogP contribution in [0.1, 0.15) is 5.69 Å². The summed E-state index contributed by atoms with van der Waals surface area (Å²) in [5.41, 5.74) is 0.524. The fourth-order valence-corrected chi connectivity index (χ4v) is 1.40. The summed E-state index contributed by atoms with van der Waals surface area (Å²) < 4.78 is 6.94. The Bertz CT molecular complexity index is 471. The first kappa shape index (κ1) is 9.51. The maximum atomic E-state index is 10.5. The van der Waals surface area contributed by atoms with E-state index in [1.165, 1.54) is 0 Å². The molecule has 0 saturated heterocycles. The van der Waals surface area contributed by atoms with E-state index in [2.05, 4.69) is 4.98 Å². The van der Waals surface area contributed by atoms with Crippen molar-refractivity contribution in [3.8, 4) is 11.6 Å². The molecule has 0 atom stereocenters. The number of carbonyl (C=O) groups is 1. The summed E-state index contributed by atoms with van der Waals surface area (Å²) >= 11 is 0. The molecule has 0 amide bonds. The monoisotopic (exact) mass is 206 g/mol. The van der Waals surface area contributed by atoms with Gasteiger partial charge in [0.25, 0.3) is 0 Å². The first-order valence-electron chi connectivity index (χ1n) is 4.44. The molecular formula is C10H10N2O3. The molecule has 2 rings (SSSR count). The fraction of sp³-hybridized carbons (Fsp3) is 0.200. The zero-order chi connectivity index (χ0) is 10.8. The van der Waals surface area contributed by atoms with Crippen molar-refractivity contribution >= 4 is 5.97 Å². The van der Waals surface area contributed by atoms with Gasteiger partial charge in [-0.2, -0.15) is 0 Å². The minimum Gasteiger partial charge on any atom is -0.481 e. The average Bonchev–Trinajstić information content (AvgIpc) is 2.72. The third kappa shape index (κ3) is 1.90. The Hall–Kier alpha value is -2.04. The van der Waals surface area contributed by atoms with E-state index in [0.29, 0.717) is 17.3 Å². The molecule has 5 nitrogen and oxygen atoms in total. The van der Waals surface area contributed by atoms with E-state index in [9.17, 15) is 4.79 Å². The van der Waals surface area contributed by atoms with Crippen LogP contribution in [-0.4, -0.2) is 20.6 Å². The summed E-state index contributed by atoms with van der Waals surface area (Å²) in [6.45, 7) is 0. The van der Waals surface area contributed by atoms with Crippen LogP contribution < -0.4 is 0 Å². The van der Waals surface area contributed by atoms with Crippen molar-refractivity contribution in [2.75, 3.05) is 0 Å². The lowest BCUT2D eigenvalue weighted by Crippen LogP contribution is -1.99. The maximum Gasteiger partial charge on any atom is 0.309 e. The molecule has 2 aromatic heterocycles. The van der Waals surface area contributed by atoms with Crippen molar-refractivity contribution in [2.24, 2.45) is 7.05 Å². The predicted octanol–water partition coefficient (Wildman–Crippen LogP) is 1.31. The number of imidazole rings is 1. The zero-order valence-electron chi connectivity index (χ0n) is 8.17. The second kappa shape index (κ2) is 3.61. The van der Waals surface area contributed by atoms with Crippen LogP contribution in [-0.2, 0) is 18.3 Å². The highest BCUT2D eigenvalue weighted by Gasteiger charge is 2.11. The van der Waals surface area contributed by atoms with E-state index < -0.39 is 5.97 Å². The summed E-state index contributed by atoms with van der Waals surface area (Å²) in [6, 6.07) is 3.55. The van der Waals surface area contributed by atoms with Crippen molar-refractivity contribution in [3.63, 3.8) is 0 Å². The minimum absolute atomic E-state index is 0.0749. The van der Waals surface area contributed by atoms with E-state index in [-0.39, 0.29) is 6.42 Å². The molecule has 0 spiro atoms. The van der Waals surface area contributed by atoms with Gasteiger partial charge in [0.15, 0.2) is 11.6 Å². The second-order valence-electron chi connectivity index (χ2n) is 3.21. The number of aryl methyl sites for hydroxylation is 1. The summed E-state index contributed by atoms with van der Waals surface area (Å²) in [6.07, 6.45) is 3.17. The quantitative estimate of drug-likeness (QED) is 0.822. The van der Waals surface area contributed by atoms with E-state index in [1.807, 2.05) is 0 Å². The van der Waals surface area contributed by atoms with Crippen LogP contribution in [0.3, 0.4) is 0 Å². The standard InChI is InChI=1S/C10H10N2O3/c1-12-6-7(5-9(13)14)11-10(12)8-3-2-4-15-8/h2-4,6H,5H2,1H3,(H,13,14). The van der Waals surface area contributed by atoms with Crippen molar-refractivity contribution in [1.29, 1.82) is 0 Å². The van der Waals surface area contributed by atoms with Gasteiger partial charge in [0, 0.05) is 13.2 Å². The number of furan rings is 1. The maximum absolute atomic E-state index is 10.5. The molecule has 0 bridgehead atoms. The minimum atomic E-state index is -0.890. The van der Waals surface area contributed by atoms with Crippen LogP contribution in [0.25, 0.3) is 11.6 Å². The molecule has 2 heterocycles. The number of nitrogens with zero attached hydrogens (tertiary/aromatic N) is 2. The number of aliphatic carboxylic acids is 1. The third-order valence-corrected chi connectivity index (χ3v) is 2.00. The van der Waals surface area contributed by atoms with Gasteiger partial charge in [-0.05, 0) is 12.1 Å². The molecule has 0 aliphatic carbocycles. The summed E-state index contributed by atoms with van der Waals surface area (Å²) in [5.74, 6) is 0.379. The Kier molecular flexibility index (Phi) is 2.29. The van der Waals surface area contributed by atoms with Gasteiger partial charge < -0.3 is 14.1 Å². The highest BCUT2D eigenvalue weighted by molar-refractivity contribution is 5.69. The van der Waals surface area contributed by atoms with E-state index in [0.717, 1.165) is 0 Å². The topological polar surface area (TPSA) is 68.3 Å². The van der Waals surface area contributed by atoms with Crippen LogP contribution in [0.5, 0.6) is 0 Å². The lowest BCUT2D eigenvalue weighted by molar-refractivity contribution is -0.136. The molecule has 0 aromatic carbocycles. The average molecular weight is 206 g/mol. The predicted molar refractivity (Wildman–Crippen MR) is 52.2 cm³/mol. The van der Waals surface area contributed by atoms with Gasteiger partial charge in [-0.3, -0.25) is 4.79 Å². The van der Waals surface area contributed by atoms with Crippen LogP contribution in [0.2, 0.25) is 0 Å². The first-order valence-corrected chi connectivity index (χ1v) is 4.44. The summed E-state index contributed by atoms with van der Waals surface area (Å²) in [4.78, 5) is 14.7. The molecule has 0 aliphatic heterocycles. The Morgan fingerprint density at radius 2 is 2.47 bits per heavy atom. The number of carboxylic acid groups (broad SMARTS) is 1. The molecule has 0 saturated carbocycles. The van der Waals surface area contributed by atoms with Crippen LogP contribution in [0, 0.1) is 0 Å². The molecule has 1 N–H and O–H groups in total. The van der Waals surface area contributed by atoms with E-state index in [1.54, 1.807) is 36.2 Å². The highest BCUT2D eigenvalue weighted by Crippen LogP contribution is 2.18. The number of carboxylic acids is 1. The number of rotatable bonds is 3. The van der Waals surface area contributed by atoms with Gasteiger partial charge in [0.2, 0.25) is 0 Å². The van der Waals surface area contributed by atoms with Crippen molar-refractivity contribution in [3.05, 3.63) is 30.3 Å². The molecule has 2 aromatic rings. The van der Waals surface area contributed by atoms with Crippen LogP contribution in [0.15, 0.2) is 29.0 Å². The Morgan fingerprint density at radius 3 is 3.07 bits per heavy atom. The smallest absolute Gasteiger partial charge is 0.309 e. The van der Waals surface area contributed by atoms with Gasteiger partial charge in [-0.15, -0.1) is 0 Å². The normalized spacial score (nSPS) is 10.5. The molecule has 0 fully saturated rings. The Labute approximate surface area is 86.0 Å². The molecule has 0 aliphatic rings. The zero-order valence-corrected chi connectivity index (χ0v) is 8.17. The van der Waals surface area contributed by atoms with Crippen molar-refractivity contribution in [1.82, 2.24) is 9.55 Å². The largest absolute Gasteiger partial charge is 0.481 e. The molecule has 0 unspecified atom stereocenters. The molecule has 15 heavy (non-hydrogen) atoms. The van der Waals surface area contributed by atoms with Crippen molar-refractivity contribution < 1.29 is 14.3 Å². The van der Waals surface area contributed by atoms with Crippen molar-refractivity contribution in [2.45, 2.75) is 6.42 Å². The van der Waals surface area contributed by atoms with Gasteiger partial charge in [0.05, 0.1) is 18.4 Å². The van der Waals surface area contributed by atoms with Gasteiger partial charge >= 0.3 is 5.97 Å². The van der Waals surface area contributed by atoms with Crippen LogP contribution >= 0.6 is 0 Å². The number of hydrogen-bond acceptors (Lipinski definition) is 3. The van der Waals surface area contributed by atoms with Gasteiger partial charge in [-0.25, -0.2) is 4.98 Å². The lowest BCUT2D eigenvalue weighted by atomic mass is 10.3. The summed E-state index contributed by atoms with van der Waals surface area (Å²) in [7, 11) is 1.80. The van der Waals surface area contributed by atoms with Gasteiger partial charge in [-0.1, -0.05) is 0 Å². The number of aromatic nitrogens is 2. The lowest BCUT2D eigenvalue weighted by Gasteiger charge is -1.94. The SMILES string of the molecule is Cn1cc(CC(=O)O)nc1-c1ccco1. The second-order valence-corrected chi connectivity index (χ2v) is 3.21. The Morgan fingerprint density at radius 1 is 1.67 bits per heavy atom. The van der Waals surface area contributed by atoms with Gasteiger partial charge in [0.1, 0.15) is 0 Å². The highest BCUT2D eigenvalue weighted by atomic mass is 16.4. The Balaban J connectivity index is 2.34. The van der Waals surface area contributed by atoms with Crippen LogP contribution in [0.4, 0.5) is 0 Å².